The van der Waals surface area contributed by atoms with Crippen LogP contribution in [0.4, 0.5) is 5.69 Å². The summed E-state index contributed by atoms with van der Waals surface area (Å²) in [6.45, 7) is 0.672. The predicted octanol–water partition coefficient (Wildman–Crippen LogP) is 2.94. The molecule has 1 fully saturated rings. The molecular weight excluding hydrogens is 456 g/mol. The van der Waals surface area contributed by atoms with Crippen LogP contribution < -0.4 is 14.8 Å². The summed E-state index contributed by atoms with van der Waals surface area (Å²) >= 11 is 1.25. The van der Waals surface area contributed by atoms with Crippen LogP contribution >= 0.6 is 11.8 Å². The maximum atomic E-state index is 13.3. The van der Waals surface area contributed by atoms with E-state index in [0.29, 0.717) is 34.5 Å². The highest BCUT2D eigenvalue weighted by atomic mass is 32.2. The molecule has 3 aromatic rings. The van der Waals surface area contributed by atoms with Gasteiger partial charge in [0.2, 0.25) is 11.1 Å². The lowest BCUT2D eigenvalue weighted by Gasteiger charge is -2.26. The molecule has 1 atom stereocenters. The summed E-state index contributed by atoms with van der Waals surface area (Å²) in [4.78, 5) is 27.4. The number of amides is 2. The van der Waals surface area contributed by atoms with Crippen molar-refractivity contribution in [3.8, 4) is 11.5 Å². The van der Waals surface area contributed by atoms with E-state index in [4.69, 9.17) is 9.47 Å². The van der Waals surface area contributed by atoms with Crippen LogP contribution in [-0.4, -0.2) is 63.4 Å². The van der Waals surface area contributed by atoms with Gasteiger partial charge in [-0.15, -0.1) is 5.10 Å². The van der Waals surface area contributed by atoms with Gasteiger partial charge < -0.3 is 19.7 Å². The van der Waals surface area contributed by atoms with E-state index in [1.165, 1.54) is 16.4 Å². The number of aryl methyl sites for hydroxylation is 1. The van der Waals surface area contributed by atoms with Crippen LogP contribution in [0, 0.1) is 0 Å². The van der Waals surface area contributed by atoms with Gasteiger partial charge in [0.05, 0.1) is 26.0 Å². The molecule has 34 heavy (non-hydrogen) atoms. The zero-order valence-corrected chi connectivity index (χ0v) is 20.0. The largest absolute Gasteiger partial charge is 0.497 e. The number of thioether (sulfide) groups is 1. The zero-order valence-electron chi connectivity index (χ0n) is 19.2. The van der Waals surface area contributed by atoms with Crippen LogP contribution in [0.25, 0.3) is 0 Å². The Bertz CT molecular complexity index is 1170. The van der Waals surface area contributed by atoms with Gasteiger partial charge in [-0.3, -0.25) is 9.59 Å². The molecule has 1 aromatic heterocycles. The Labute approximate surface area is 201 Å². The molecule has 1 saturated heterocycles. The number of carbonyl (C=O) groups is 2. The molecule has 2 amide bonds. The van der Waals surface area contributed by atoms with E-state index >= 15 is 0 Å². The summed E-state index contributed by atoms with van der Waals surface area (Å²) in [6, 6.07) is 12.6. The van der Waals surface area contributed by atoms with Crippen molar-refractivity contribution in [3.05, 3.63) is 53.6 Å². The minimum absolute atomic E-state index is 0.0522. The molecule has 2 aromatic carbocycles. The molecule has 11 heteroatoms. The molecule has 0 spiro atoms. The molecule has 0 bridgehead atoms. The number of carbonyl (C=O) groups excluding carboxylic acids is 2. The van der Waals surface area contributed by atoms with E-state index in [9.17, 15) is 9.59 Å². The molecule has 0 aliphatic carbocycles. The van der Waals surface area contributed by atoms with Crippen molar-refractivity contribution in [3.63, 3.8) is 0 Å². The second kappa shape index (κ2) is 10.6. The van der Waals surface area contributed by atoms with Crippen molar-refractivity contribution in [2.24, 2.45) is 7.05 Å². The fourth-order valence-electron chi connectivity index (χ4n) is 3.96. The lowest BCUT2D eigenvalue weighted by atomic mass is 10.0. The summed E-state index contributed by atoms with van der Waals surface area (Å²) in [5.74, 6) is 1.35. The van der Waals surface area contributed by atoms with Crippen LogP contribution in [0.5, 0.6) is 11.5 Å². The molecular formula is C23H26N6O4S. The van der Waals surface area contributed by atoms with Crippen LogP contribution in [0.15, 0.2) is 47.6 Å². The molecule has 4 rings (SSSR count). The number of nitrogens with zero attached hydrogens (tertiary/aromatic N) is 5. The Morgan fingerprint density at radius 2 is 1.94 bits per heavy atom. The highest BCUT2D eigenvalue weighted by Crippen LogP contribution is 2.39. The number of likely N-dealkylation sites (tertiary alicyclic amines) is 1. The van der Waals surface area contributed by atoms with E-state index in [2.05, 4.69) is 20.8 Å². The number of methoxy groups -OCH3 is 2. The Kier molecular flexibility index (Phi) is 7.31. The smallest absolute Gasteiger partial charge is 0.254 e. The summed E-state index contributed by atoms with van der Waals surface area (Å²) < 4.78 is 12.4. The predicted molar refractivity (Wildman–Crippen MR) is 127 cm³/mol. The van der Waals surface area contributed by atoms with Gasteiger partial charge in [-0.05, 0) is 59.7 Å². The average Bonchev–Trinajstić information content (AvgIpc) is 3.51. The standard InChI is InChI=1S/C23H26N6O4S/c1-28-23(25-26-27-28)34-14-21(30)24-16-8-6-15(7-9-16)22(31)29-12-4-5-19(29)18-11-10-17(32-2)13-20(18)33-3/h6-11,13,19H,4-5,12,14H2,1-3H3,(H,24,30)/t19-/m0/s1. The molecule has 1 N–H and O–H groups in total. The lowest BCUT2D eigenvalue weighted by Crippen LogP contribution is -2.30. The third kappa shape index (κ3) is 5.14. The molecule has 1 aliphatic rings. The van der Waals surface area contributed by atoms with E-state index in [-0.39, 0.29) is 23.6 Å². The van der Waals surface area contributed by atoms with E-state index < -0.39 is 0 Å². The van der Waals surface area contributed by atoms with Gasteiger partial charge in [0.25, 0.3) is 5.91 Å². The van der Waals surface area contributed by atoms with Gasteiger partial charge in [0.1, 0.15) is 11.5 Å². The summed E-state index contributed by atoms with van der Waals surface area (Å²) in [7, 11) is 4.95. The third-order valence-corrected chi connectivity index (χ3v) is 6.65. The highest BCUT2D eigenvalue weighted by Gasteiger charge is 2.32. The summed E-state index contributed by atoms with van der Waals surface area (Å²) in [5, 5.41) is 14.5. The van der Waals surface area contributed by atoms with E-state index in [1.807, 2.05) is 23.1 Å². The van der Waals surface area contributed by atoms with Gasteiger partial charge in [-0.2, -0.15) is 0 Å². The normalized spacial score (nSPS) is 15.3. The number of anilines is 1. The number of hydrogen-bond donors (Lipinski definition) is 1. The Balaban J connectivity index is 1.41. The quantitative estimate of drug-likeness (QED) is 0.488. The Hall–Kier alpha value is -3.60. The van der Waals surface area contributed by atoms with Gasteiger partial charge >= 0.3 is 0 Å². The lowest BCUT2D eigenvalue weighted by molar-refractivity contribution is -0.113. The number of nitrogens with one attached hydrogen (secondary N) is 1. The van der Waals surface area contributed by atoms with Gasteiger partial charge in [0.15, 0.2) is 0 Å². The monoisotopic (exact) mass is 482 g/mol. The number of aromatic nitrogens is 4. The first-order valence-corrected chi connectivity index (χ1v) is 11.8. The minimum atomic E-state index is -0.182. The van der Waals surface area contributed by atoms with Crippen molar-refractivity contribution in [1.82, 2.24) is 25.1 Å². The number of benzene rings is 2. The fraction of sp³-hybridized carbons (Fsp3) is 0.348. The molecule has 10 nitrogen and oxygen atoms in total. The first kappa shape index (κ1) is 23.6. The third-order valence-electron chi connectivity index (χ3n) is 5.64. The van der Waals surface area contributed by atoms with Crippen LogP contribution in [0.1, 0.15) is 34.8 Å². The van der Waals surface area contributed by atoms with Gasteiger partial charge in [-0.1, -0.05) is 11.8 Å². The average molecular weight is 483 g/mol. The topological polar surface area (TPSA) is 111 Å². The minimum Gasteiger partial charge on any atom is -0.497 e. The summed E-state index contributed by atoms with van der Waals surface area (Å²) in [5.41, 5.74) is 2.15. The molecule has 0 saturated carbocycles. The number of hydrogen-bond acceptors (Lipinski definition) is 8. The van der Waals surface area contributed by atoms with Crippen molar-refractivity contribution in [2.45, 2.75) is 24.0 Å². The molecule has 1 aliphatic heterocycles. The fourth-order valence-corrected chi connectivity index (χ4v) is 4.61. The first-order chi connectivity index (χ1) is 16.5. The molecule has 0 unspecified atom stereocenters. The van der Waals surface area contributed by atoms with Gasteiger partial charge in [0, 0.05) is 36.5 Å². The van der Waals surface area contributed by atoms with E-state index in [1.54, 1.807) is 45.5 Å². The number of tetrazole rings is 1. The van der Waals surface area contributed by atoms with Crippen molar-refractivity contribution in [1.29, 1.82) is 0 Å². The Morgan fingerprint density at radius 1 is 1.15 bits per heavy atom. The van der Waals surface area contributed by atoms with Crippen molar-refractivity contribution < 1.29 is 19.1 Å². The van der Waals surface area contributed by atoms with E-state index in [0.717, 1.165) is 18.4 Å². The second-order valence-electron chi connectivity index (χ2n) is 7.76. The maximum Gasteiger partial charge on any atom is 0.254 e. The molecule has 0 radical (unpaired) electrons. The van der Waals surface area contributed by atoms with Crippen LogP contribution in [-0.2, 0) is 11.8 Å². The number of rotatable bonds is 8. The van der Waals surface area contributed by atoms with Crippen LogP contribution in [0.2, 0.25) is 0 Å². The zero-order chi connectivity index (χ0) is 24.1. The second-order valence-corrected chi connectivity index (χ2v) is 8.71. The Morgan fingerprint density at radius 3 is 2.62 bits per heavy atom. The maximum absolute atomic E-state index is 13.3. The van der Waals surface area contributed by atoms with Crippen molar-refractivity contribution in [2.75, 3.05) is 31.8 Å². The molecule has 178 valence electrons. The SMILES string of the molecule is COc1ccc([C@@H]2CCCN2C(=O)c2ccc(NC(=O)CSc3nnnn3C)cc2)c(OC)c1. The van der Waals surface area contributed by atoms with Gasteiger partial charge in [-0.25, -0.2) is 4.68 Å². The molecule has 2 heterocycles. The summed E-state index contributed by atoms with van der Waals surface area (Å²) in [6.07, 6.45) is 1.78. The number of ether oxygens (including phenoxy) is 2. The highest BCUT2D eigenvalue weighted by molar-refractivity contribution is 7.99. The first-order valence-electron chi connectivity index (χ1n) is 10.8. The van der Waals surface area contributed by atoms with Crippen molar-refractivity contribution >= 4 is 29.3 Å². The van der Waals surface area contributed by atoms with Crippen LogP contribution in [0.3, 0.4) is 0 Å².